The van der Waals surface area contributed by atoms with Gasteiger partial charge in [0.15, 0.2) is 6.61 Å². The fourth-order valence-electron chi connectivity index (χ4n) is 3.72. The van der Waals surface area contributed by atoms with Gasteiger partial charge in [0.2, 0.25) is 0 Å². The van der Waals surface area contributed by atoms with Gasteiger partial charge in [-0.1, -0.05) is 61.8 Å². The number of carbonyl (C=O) groups excluding carboxylic acids is 3. The first-order valence-electron chi connectivity index (χ1n) is 11.5. The van der Waals surface area contributed by atoms with Crippen molar-refractivity contribution in [3.63, 3.8) is 0 Å². The minimum atomic E-state index is -0.493. The van der Waals surface area contributed by atoms with Gasteiger partial charge in [-0.15, -0.1) is 0 Å². The van der Waals surface area contributed by atoms with Gasteiger partial charge < -0.3 is 10.1 Å². The number of carbonyl (C=O) groups is 3. The van der Waals surface area contributed by atoms with Crippen molar-refractivity contribution < 1.29 is 23.5 Å². The molecule has 4 rings (SSSR count). The third-order valence-electron chi connectivity index (χ3n) is 5.62. The molecule has 1 N–H and O–H groups in total. The van der Waals surface area contributed by atoms with E-state index < -0.39 is 17.0 Å². The maximum atomic E-state index is 13.3. The number of rotatable bonds is 8. The van der Waals surface area contributed by atoms with Gasteiger partial charge in [-0.25, -0.2) is 4.39 Å². The molecule has 190 valence electrons. The molecule has 1 heterocycles. The van der Waals surface area contributed by atoms with Gasteiger partial charge in [0.1, 0.15) is 11.6 Å². The lowest BCUT2D eigenvalue weighted by molar-refractivity contribution is -0.123. The molecule has 0 unspecified atom stereocenters. The molecule has 3 amide bonds. The summed E-state index contributed by atoms with van der Waals surface area (Å²) in [6.07, 6.45) is 1.61. The second-order valence-electron chi connectivity index (χ2n) is 8.65. The first-order chi connectivity index (χ1) is 17.7. The van der Waals surface area contributed by atoms with Crippen molar-refractivity contribution in [3.8, 4) is 5.75 Å². The summed E-state index contributed by atoms with van der Waals surface area (Å²) in [5.41, 5.74) is 2.97. The Bertz CT molecular complexity index is 1370. The van der Waals surface area contributed by atoms with Gasteiger partial charge in [0.25, 0.3) is 17.1 Å². The fraction of sp³-hybridized carbons (Fsp3) is 0.179. The second kappa shape index (κ2) is 11.6. The molecule has 3 aromatic rings. The summed E-state index contributed by atoms with van der Waals surface area (Å²) in [4.78, 5) is 38.9. The number of benzene rings is 3. The van der Waals surface area contributed by atoms with Crippen LogP contribution < -0.4 is 10.1 Å². The third-order valence-corrected chi connectivity index (χ3v) is 6.88. The molecule has 0 spiro atoms. The van der Waals surface area contributed by atoms with Crippen LogP contribution in [0.5, 0.6) is 5.75 Å². The van der Waals surface area contributed by atoms with Crippen LogP contribution >= 0.6 is 23.4 Å². The van der Waals surface area contributed by atoms with Crippen LogP contribution in [-0.2, 0) is 16.1 Å². The highest BCUT2D eigenvalue weighted by Gasteiger charge is 2.35. The van der Waals surface area contributed by atoms with Gasteiger partial charge in [0, 0.05) is 10.7 Å². The smallest absolute Gasteiger partial charge is 0.293 e. The number of anilines is 1. The number of para-hydroxylation sites is 1. The van der Waals surface area contributed by atoms with Crippen LogP contribution in [0.1, 0.15) is 36.5 Å². The molecule has 37 heavy (non-hydrogen) atoms. The van der Waals surface area contributed by atoms with Crippen LogP contribution in [-0.4, -0.2) is 28.6 Å². The summed E-state index contributed by atoms with van der Waals surface area (Å²) < 4.78 is 18.9. The number of thioether (sulfide) groups is 1. The third kappa shape index (κ3) is 6.58. The maximum absolute atomic E-state index is 13.3. The standard InChI is InChI=1S/C28H24ClFN2O4S/c1-17(2)22-5-3-4-6-24(22)31-26(33)16-36-21-11-7-18(8-12-21)13-25-27(34)32(28(35)37-25)15-19-9-10-20(30)14-23(19)29/h3-14,17H,15-16H2,1-2H3,(H,31,33)/b25-13+. The number of nitrogens with zero attached hydrogens (tertiary/aromatic N) is 1. The second-order valence-corrected chi connectivity index (χ2v) is 10.1. The van der Waals surface area contributed by atoms with Gasteiger partial charge >= 0.3 is 0 Å². The summed E-state index contributed by atoms with van der Waals surface area (Å²) in [5.74, 6) is -0.455. The molecule has 0 radical (unpaired) electrons. The highest BCUT2D eigenvalue weighted by Crippen LogP contribution is 2.34. The molecular weight excluding hydrogens is 515 g/mol. The van der Waals surface area contributed by atoms with E-state index in [0.29, 0.717) is 16.9 Å². The average Bonchev–Trinajstić information content (AvgIpc) is 3.12. The van der Waals surface area contributed by atoms with Crippen LogP contribution in [0.15, 0.2) is 71.6 Å². The molecule has 0 atom stereocenters. The summed E-state index contributed by atoms with van der Waals surface area (Å²) in [6.45, 7) is 3.92. The van der Waals surface area contributed by atoms with Crippen molar-refractivity contribution in [1.29, 1.82) is 0 Å². The molecule has 0 aromatic heterocycles. The quantitative estimate of drug-likeness (QED) is 0.317. The Morgan fingerprint density at radius 1 is 1.11 bits per heavy atom. The maximum Gasteiger partial charge on any atom is 0.293 e. The van der Waals surface area contributed by atoms with Gasteiger partial charge in [-0.3, -0.25) is 19.3 Å². The van der Waals surface area contributed by atoms with Crippen molar-refractivity contribution >= 4 is 52.2 Å². The molecule has 6 nitrogen and oxygen atoms in total. The zero-order valence-corrected chi connectivity index (χ0v) is 21.7. The van der Waals surface area contributed by atoms with Crippen molar-refractivity contribution in [2.24, 2.45) is 0 Å². The Balaban J connectivity index is 1.35. The topological polar surface area (TPSA) is 75.7 Å². The molecule has 3 aromatic carbocycles. The Labute approximate surface area is 223 Å². The van der Waals surface area contributed by atoms with Crippen LogP contribution in [0.3, 0.4) is 0 Å². The van der Waals surface area contributed by atoms with E-state index in [1.807, 2.05) is 24.3 Å². The Hall–Kier alpha value is -3.62. The first-order valence-corrected chi connectivity index (χ1v) is 12.7. The number of hydrogen-bond acceptors (Lipinski definition) is 5. The highest BCUT2D eigenvalue weighted by atomic mass is 35.5. The number of amides is 3. The molecular formula is C28H24ClFN2O4S. The number of ether oxygens (including phenoxy) is 1. The van der Waals surface area contributed by atoms with E-state index in [1.165, 1.54) is 12.1 Å². The van der Waals surface area contributed by atoms with Crippen molar-refractivity contribution in [1.82, 2.24) is 4.90 Å². The van der Waals surface area contributed by atoms with Crippen LogP contribution in [0, 0.1) is 5.82 Å². The lowest BCUT2D eigenvalue weighted by Crippen LogP contribution is -2.27. The largest absolute Gasteiger partial charge is 0.484 e. The minimum absolute atomic E-state index is 0.0440. The monoisotopic (exact) mass is 538 g/mol. The van der Waals surface area contributed by atoms with Crippen LogP contribution in [0.4, 0.5) is 14.9 Å². The van der Waals surface area contributed by atoms with Crippen molar-refractivity contribution in [2.75, 3.05) is 11.9 Å². The molecule has 0 bridgehead atoms. The normalized spacial score (nSPS) is 14.5. The average molecular weight is 539 g/mol. The van der Waals surface area contributed by atoms with E-state index in [4.69, 9.17) is 16.3 Å². The van der Waals surface area contributed by atoms with Gasteiger partial charge in [0.05, 0.1) is 11.4 Å². The number of halogens is 2. The Morgan fingerprint density at radius 2 is 1.84 bits per heavy atom. The summed E-state index contributed by atoms with van der Waals surface area (Å²) in [5, 5.41) is 2.60. The summed E-state index contributed by atoms with van der Waals surface area (Å²) >= 11 is 6.87. The number of hydrogen-bond donors (Lipinski definition) is 1. The van der Waals surface area contributed by atoms with E-state index in [0.717, 1.165) is 34.0 Å². The van der Waals surface area contributed by atoms with Crippen molar-refractivity contribution in [3.05, 3.63) is 99.2 Å². The predicted octanol–water partition coefficient (Wildman–Crippen LogP) is 6.86. The van der Waals surface area contributed by atoms with Crippen molar-refractivity contribution in [2.45, 2.75) is 26.3 Å². The zero-order chi connectivity index (χ0) is 26.5. The minimum Gasteiger partial charge on any atom is -0.484 e. The fourth-order valence-corrected chi connectivity index (χ4v) is 4.78. The molecule has 1 aliphatic rings. The van der Waals surface area contributed by atoms with E-state index >= 15 is 0 Å². The lowest BCUT2D eigenvalue weighted by atomic mass is 10.0. The van der Waals surface area contributed by atoms with Crippen LogP contribution in [0.2, 0.25) is 5.02 Å². The Morgan fingerprint density at radius 3 is 2.54 bits per heavy atom. The highest BCUT2D eigenvalue weighted by molar-refractivity contribution is 8.18. The van der Waals surface area contributed by atoms with Gasteiger partial charge in [-0.2, -0.15) is 0 Å². The molecule has 1 saturated heterocycles. The lowest BCUT2D eigenvalue weighted by Gasteiger charge is -2.14. The van der Waals surface area contributed by atoms with E-state index in [2.05, 4.69) is 19.2 Å². The Kier molecular flexibility index (Phi) is 8.31. The molecule has 9 heteroatoms. The molecule has 1 fully saturated rings. The zero-order valence-electron chi connectivity index (χ0n) is 20.2. The number of imide groups is 1. The van der Waals surface area contributed by atoms with E-state index in [-0.39, 0.29) is 34.9 Å². The summed E-state index contributed by atoms with van der Waals surface area (Å²) in [6, 6.07) is 18.3. The molecule has 0 aliphatic carbocycles. The SMILES string of the molecule is CC(C)c1ccccc1NC(=O)COc1ccc(/C=C2/SC(=O)N(Cc3ccc(F)cc3Cl)C2=O)cc1. The molecule has 1 aliphatic heterocycles. The predicted molar refractivity (Wildman–Crippen MR) is 144 cm³/mol. The summed E-state index contributed by atoms with van der Waals surface area (Å²) in [7, 11) is 0. The number of nitrogens with one attached hydrogen (secondary N) is 1. The first kappa shape index (κ1) is 26.4. The molecule has 0 saturated carbocycles. The van der Waals surface area contributed by atoms with E-state index in [1.54, 1.807) is 30.3 Å². The van der Waals surface area contributed by atoms with Gasteiger partial charge in [-0.05, 0) is 70.8 Å². The van der Waals surface area contributed by atoms with E-state index in [9.17, 15) is 18.8 Å². The van der Waals surface area contributed by atoms with Crippen LogP contribution in [0.25, 0.3) is 6.08 Å².